The minimum atomic E-state index is -0.985. The largest absolute Gasteiger partial charge is 0.481 e. The van der Waals surface area contributed by atoms with Crippen LogP contribution in [0.15, 0.2) is 11.3 Å². The summed E-state index contributed by atoms with van der Waals surface area (Å²) in [5.74, 6) is -1.28. The number of rotatable bonds is 2. The van der Waals surface area contributed by atoms with E-state index in [1.165, 1.54) is 19.3 Å². The lowest BCUT2D eigenvalue weighted by Gasteiger charge is -2.58. The van der Waals surface area contributed by atoms with E-state index in [0.29, 0.717) is 29.2 Å². The molecule has 0 heterocycles. The van der Waals surface area contributed by atoms with Crippen LogP contribution in [0.1, 0.15) is 65.2 Å². The predicted molar refractivity (Wildman–Crippen MR) is 93.8 cm³/mol. The van der Waals surface area contributed by atoms with Gasteiger partial charge in [0.05, 0.1) is 10.8 Å². The Bertz CT molecular complexity index is 728. The van der Waals surface area contributed by atoms with Crippen molar-refractivity contribution in [3.63, 3.8) is 0 Å². The van der Waals surface area contributed by atoms with Gasteiger partial charge in [0.25, 0.3) is 0 Å². The van der Waals surface area contributed by atoms with Crippen molar-refractivity contribution in [3.8, 4) is 0 Å². The number of carboxylic acid groups (broad SMARTS) is 1. The number of hydrogen-bond donors (Lipinski definition) is 1. The Morgan fingerprint density at radius 2 is 1.92 bits per heavy atom. The van der Waals surface area contributed by atoms with Gasteiger partial charge in [-0.15, -0.1) is 0 Å². The molecular formula is C20H27NO5. The topological polar surface area (TPSA) is 97.5 Å². The molecule has 26 heavy (non-hydrogen) atoms. The maximum absolute atomic E-state index is 12.4. The Hall–Kier alpha value is -1.72. The molecule has 4 rings (SSSR count). The summed E-state index contributed by atoms with van der Waals surface area (Å²) in [6.07, 6.45) is 6.74. The van der Waals surface area contributed by atoms with Crippen molar-refractivity contribution >= 4 is 11.8 Å². The van der Waals surface area contributed by atoms with Crippen LogP contribution in [0.2, 0.25) is 0 Å². The van der Waals surface area contributed by atoms with Crippen LogP contribution in [0.3, 0.4) is 0 Å². The molecule has 4 aliphatic rings. The number of ketones is 1. The molecule has 0 bridgehead atoms. The van der Waals surface area contributed by atoms with Gasteiger partial charge in [0.15, 0.2) is 0 Å². The van der Waals surface area contributed by atoms with Gasteiger partial charge in [0, 0.05) is 17.4 Å². The Labute approximate surface area is 153 Å². The number of Topliss-reactive ketones (excluding diaryl/α,β-unsaturated/α-hetero) is 1. The number of carboxylic acids is 1. The highest BCUT2D eigenvalue weighted by Gasteiger charge is 2.63. The van der Waals surface area contributed by atoms with Crippen LogP contribution >= 0.6 is 0 Å². The molecule has 1 unspecified atom stereocenters. The third-order valence-electron chi connectivity index (χ3n) is 8.51. The summed E-state index contributed by atoms with van der Waals surface area (Å²) < 4.78 is 0. The van der Waals surface area contributed by atoms with Crippen LogP contribution in [0.25, 0.3) is 0 Å². The smallest absolute Gasteiger partial charge is 0.311 e. The van der Waals surface area contributed by atoms with E-state index in [0.717, 1.165) is 19.3 Å². The highest BCUT2D eigenvalue weighted by atomic mass is 16.6. The van der Waals surface area contributed by atoms with E-state index in [-0.39, 0.29) is 18.0 Å². The van der Waals surface area contributed by atoms with Crippen LogP contribution in [0.5, 0.6) is 0 Å². The van der Waals surface area contributed by atoms with E-state index < -0.39 is 28.0 Å². The number of nitro groups is 1. The quantitative estimate of drug-likeness (QED) is 0.595. The predicted octanol–water partition coefficient (Wildman–Crippen LogP) is 3.82. The average molecular weight is 361 g/mol. The maximum atomic E-state index is 12.4. The van der Waals surface area contributed by atoms with Crippen LogP contribution in [0.4, 0.5) is 0 Å². The van der Waals surface area contributed by atoms with E-state index in [9.17, 15) is 24.8 Å². The fraction of sp³-hybridized carbons (Fsp3) is 0.800. The fourth-order valence-corrected chi connectivity index (χ4v) is 7.29. The first kappa shape index (κ1) is 17.7. The van der Waals surface area contributed by atoms with Crippen LogP contribution in [-0.4, -0.2) is 21.8 Å². The van der Waals surface area contributed by atoms with E-state index in [1.807, 2.05) is 6.92 Å². The van der Waals surface area contributed by atoms with Gasteiger partial charge in [-0.2, -0.15) is 0 Å². The molecule has 142 valence electrons. The molecule has 0 aliphatic heterocycles. The molecule has 0 spiro atoms. The molecule has 6 nitrogen and oxygen atoms in total. The second kappa shape index (κ2) is 5.64. The van der Waals surface area contributed by atoms with Crippen molar-refractivity contribution in [2.24, 2.45) is 34.5 Å². The Morgan fingerprint density at radius 3 is 2.58 bits per heavy atom. The first-order chi connectivity index (χ1) is 12.2. The number of carbonyl (C=O) groups is 2. The van der Waals surface area contributed by atoms with Gasteiger partial charge in [-0.05, 0) is 61.7 Å². The molecule has 3 saturated carbocycles. The molecule has 6 atom stereocenters. The number of allylic oxidation sites excluding steroid dienone is 1. The van der Waals surface area contributed by atoms with Gasteiger partial charge in [-0.3, -0.25) is 19.7 Å². The van der Waals surface area contributed by atoms with Crippen molar-refractivity contribution < 1.29 is 19.6 Å². The summed E-state index contributed by atoms with van der Waals surface area (Å²) in [5.41, 5.74) is -0.208. The van der Waals surface area contributed by atoms with Gasteiger partial charge in [-0.25, -0.2) is 0 Å². The standard InChI is InChI=1S/C20H27NO5/c1-19-8-3-4-12(19)11-5-6-14-17(21(25)26)16(22)10-15(18(23)24)20(14,2)13(11)7-9-19/h11-13,15H,3-10H2,1-2H3,(H,23,24)/t11-,12-,13+,15?,19-,20+/m0/s1. The summed E-state index contributed by atoms with van der Waals surface area (Å²) in [7, 11) is 0. The van der Waals surface area contributed by atoms with Crippen LogP contribution in [-0.2, 0) is 9.59 Å². The molecule has 1 N–H and O–H groups in total. The third kappa shape index (κ3) is 2.16. The lowest BCUT2D eigenvalue weighted by molar-refractivity contribution is -0.422. The molecule has 4 aliphatic carbocycles. The molecule has 3 fully saturated rings. The van der Waals surface area contributed by atoms with E-state index in [1.54, 1.807) is 0 Å². The van der Waals surface area contributed by atoms with Crippen molar-refractivity contribution in [1.29, 1.82) is 0 Å². The maximum Gasteiger partial charge on any atom is 0.311 e. The van der Waals surface area contributed by atoms with E-state index >= 15 is 0 Å². The molecule has 0 aromatic rings. The minimum absolute atomic E-state index is 0.131. The molecular weight excluding hydrogens is 334 g/mol. The minimum Gasteiger partial charge on any atom is -0.481 e. The molecule has 0 saturated heterocycles. The molecule has 6 heteroatoms. The van der Waals surface area contributed by atoms with Gasteiger partial charge >= 0.3 is 11.7 Å². The summed E-state index contributed by atoms with van der Waals surface area (Å²) >= 11 is 0. The SMILES string of the molecule is C[C@@]12CCC[C@H]1[C@@H]1CCC3=C([N+](=O)[O-])C(=O)CC(C(=O)O)[C@]3(C)[C@@H]1CC2. The monoisotopic (exact) mass is 361 g/mol. The van der Waals surface area contributed by atoms with Gasteiger partial charge < -0.3 is 5.11 Å². The Morgan fingerprint density at radius 1 is 1.19 bits per heavy atom. The zero-order valence-corrected chi connectivity index (χ0v) is 15.5. The number of carbonyl (C=O) groups excluding carboxylic acids is 1. The van der Waals surface area contributed by atoms with Crippen molar-refractivity contribution in [2.75, 3.05) is 0 Å². The van der Waals surface area contributed by atoms with Crippen molar-refractivity contribution in [2.45, 2.75) is 65.2 Å². The molecule has 0 aromatic carbocycles. The fourth-order valence-electron chi connectivity index (χ4n) is 7.29. The van der Waals surface area contributed by atoms with Crippen molar-refractivity contribution in [1.82, 2.24) is 0 Å². The Balaban J connectivity index is 1.84. The van der Waals surface area contributed by atoms with E-state index in [2.05, 4.69) is 6.92 Å². The highest BCUT2D eigenvalue weighted by Crippen LogP contribution is 2.66. The normalized spacial score (nSPS) is 44.9. The lowest BCUT2D eigenvalue weighted by Crippen LogP contribution is -2.55. The number of aliphatic carboxylic acids is 1. The summed E-state index contributed by atoms with van der Waals surface area (Å²) in [6, 6.07) is 0. The number of nitrogens with zero attached hydrogens (tertiary/aromatic N) is 1. The Kier molecular flexibility index (Phi) is 3.83. The second-order valence-electron chi connectivity index (χ2n) is 9.39. The van der Waals surface area contributed by atoms with Gasteiger partial charge in [0.1, 0.15) is 0 Å². The first-order valence-electron chi connectivity index (χ1n) is 9.84. The highest BCUT2D eigenvalue weighted by molar-refractivity contribution is 5.98. The third-order valence-corrected chi connectivity index (χ3v) is 8.51. The summed E-state index contributed by atoms with van der Waals surface area (Å²) in [5, 5.41) is 21.5. The van der Waals surface area contributed by atoms with E-state index in [4.69, 9.17) is 0 Å². The summed E-state index contributed by atoms with van der Waals surface area (Å²) in [6.45, 7) is 4.28. The zero-order chi connectivity index (χ0) is 18.9. The number of hydrogen-bond acceptors (Lipinski definition) is 4. The zero-order valence-electron chi connectivity index (χ0n) is 15.5. The molecule has 0 aromatic heterocycles. The molecule has 0 amide bonds. The van der Waals surface area contributed by atoms with Crippen molar-refractivity contribution in [3.05, 3.63) is 21.4 Å². The second-order valence-corrected chi connectivity index (χ2v) is 9.39. The average Bonchev–Trinajstić information content (AvgIpc) is 2.95. The molecule has 0 radical (unpaired) electrons. The van der Waals surface area contributed by atoms with Gasteiger partial charge in [-0.1, -0.05) is 20.3 Å². The first-order valence-corrected chi connectivity index (χ1v) is 9.84. The lowest BCUT2D eigenvalue weighted by atomic mass is 9.45. The van der Waals surface area contributed by atoms with Crippen LogP contribution < -0.4 is 0 Å². The van der Waals surface area contributed by atoms with Crippen LogP contribution in [0, 0.1) is 44.6 Å². The van der Waals surface area contributed by atoms with Gasteiger partial charge in [0.2, 0.25) is 5.78 Å². The number of fused-ring (bicyclic) bond motifs is 5. The summed E-state index contributed by atoms with van der Waals surface area (Å²) in [4.78, 5) is 35.5.